The number of thioether (sulfide) groups is 1. The Morgan fingerprint density at radius 1 is 1.05 bits per heavy atom. The highest BCUT2D eigenvalue weighted by atomic mass is 32.2. The van der Waals surface area contributed by atoms with E-state index in [2.05, 4.69) is 15.3 Å². The zero-order valence-corrected chi connectivity index (χ0v) is 22.1. The molecular formula is C26H27F4N5O4S. The van der Waals surface area contributed by atoms with Crippen LogP contribution in [0.1, 0.15) is 61.0 Å². The molecule has 4 heterocycles. The number of ether oxygens (including phenoxy) is 1. The average Bonchev–Trinajstić information content (AvgIpc) is 2.93. The fourth-order valence-corrected chi connectivity index (χ4v) is 6.45. The Labute approximate surface area is 229 Å². The predicted octanol–water partition coefficient (Wildman–Crippen LogP) is 4.02. The standard InChI is InChI=1S/C26H27F4N5O4S/c27-15-12-20-21(32-13-15)34(18-7-10-40-11-8-18)25(38)35(24(20)37)17-5-3-16(4-6-17)33-22(36)19-2-1-9-31-23(19)39-14-26(28,29)30/h1-2,9,12-13,16-18H,3-8,10-11,14H2,(H,33,36)/t16-,17+. The minimum atomic E-state index is -4.58. The number of alkyl halides is 3. The van der Waals surface area contributed by atoms with Gasteiger partial charge < -0.3 is 10.1 Å². The Balaban J connectivity index is 1.35. The van der Waals surface area contributed by atoms with Crippen LogP contribution < -0.4 is 21.3 Å². The number of carbonyl (C=O) groups is 1. The lowest BCUT2D eigenvalue weighted by atomic mass is 9.90. The van der Waals surface area contributed by atoms with Gasteiger partial charge in [0.15, 0.2) is 6.61 Å². The second-order valence-electron chi connectivity index (χ2n) is 9.93. The van der Waals surface area contributed by atoms with E-state index in [4.69, 9.17) is 4.74 Å². The Morgan fingerprint density at radius 3 is 2.45 bits per heavy atom. The van der Waals surface area contributed by atoms with Crippen molar-refractivity contribution >= 4 is 28.7 Å². The van der Waals surface area contributed by atoms with Gasteiger partial charge in [-0.1, -0.05) is 0 Å². The minimum Gasteiger partial charge on any atom is -0.467 e. The van der Waals surface area contributed by atoms with Crippen LogP contribution in [0.25, 0.3) is 11.0 Å². The third-order valence-corrected chi connectivity index (χ3v) is 8.31. The monoisotopic (exact) mass is 581 g/mol. The van der Waals surface area contributed by atoms with Crippen molar-refractivity contribution in [1.82, 2.24) is 24.4 Å². The highest BCUT2D eigenvalue weighted by Gasteiger charge is 2.32. The molecule has 9 nitrogen and oxygen atoms in total. The van der Waals surface area contributed by atoms with E-state index >= 15 is 0 Å². The molecule has 1 saturated heterocycles. The molecule has 2 fully saturated rings. The first-order valence-corrected chi connectivity index (χ1v) is 14.1. The van der Waals surface area contributed by atoms with Crippen molar-refractivity contribution in [2.45, 2.75) is 62.8 Å². The number of nitrogens with zero attached hydrogens (tertiary/aromatic N) is 4. The molecule has 0 unspecified atom stereocenters. The van der Waals surface area contributed by atoms with E-state index < -0.39 is 47.7 Å². The topological polar surface area (TPSA) is 108 Å². The summed E-state index contributed by atoms with van der Waals surface area (Å²) in [4.78, 5) is 47.9. The van der Waals surface area contributed by atoms with Crippen LogP contribution in [0, 0.1) is 5.82 Å². The average molecular weight is 582 g/mol. The highest BCUT2D eigenvalue weighted by molar-refractivity contribution is 7.99. The smallest absolute Gasteiger partial charge is 0.422 e. The van der Waals surface area contributed by atoms with E-state index in [1.165, 1.54) is 27.5 Å². The summed E-state index contributed by atoms with van der Waals surface area (Å²) >= 11 is 1.79. The first-order valence-electron chi connectivity index (χ1n) is 13.0. The Morgan fingerprint density at radius 2 is 1.75 bits per heavy atom. The maximum absolute atomic E-state index is 14.1. The van der Waals surface area contributed by atoms with Crippen molar-refractivity contribution in [3.05, 3.63) is 62.8 Å². The van der Waals surface area contributed by atoms with Gasteiger partial charge in [-0.05, 0) is 68.2 Å². The number of pyridine rings is 2. The molecule has 0 spiro atoms. The largest absolute Gasteiger partial charge is 0.467 e. The molecule has 1 N–H and O–H groups in total. The van der Waals surface area contributed by atoms with Crippen molar-refractivity contribution in [1.29, 1.82) is 0 Å². The molecule has 214 valence electrons. The SMILES string of the molecule is O=C(N[C@H]1CC[C@@H](n2c(=O)c3cc(F)cnc3n(C3CCSCC3)c2=O)CC1)c1cccnc1OCC(F)(F)F. The number of hydrogen-bond acceptors (Lipinski definition) is 7. The van der Waals surface area contributed by atoms with E-state index in [0.717, 1.165) is 36.6 Å². The first kappa shape index (κ1) is 28.1. The number of nitrogens with one attached hydrogen (secondary N) is 1. The van der Waals surface area contributed by atoms with Crippen LogP contribution in [0.15, 0.2) is 40.2 Å². The highest BCUT2D eigenvalue weighted by Crippen LogP contribution is 2.30. The molecule has 1 saturated carbocycles. The van der Waals surface area contributed by atoms with Gasteiger partial charge in [-0.25, -0.2) is 19.2 Å². The van der Waals surface area contributed by atoms with Gasteiger partial charge in [-0.3, -0.25) is 18.7 Å². The van der Waals surface area contributed by atoms with E-state index in [1.807, 2.05) is 0 Å². The maximum Gasteiger partial charge on any atom is 0.422 e. The summed E-state index contributed by atoms with van der Waals surface area (Å²) in [5.41, 5.74) is -1.00. The molecule has 3 aromatic heterocycles. The normalized spacial score (nSPS) is 20.4. The number of rotatable bonds is 6. The van der Waals surface area contributed by atoms with Crippen LogP contribution in [0.2, 0.25) is 0 Å². The summed E-state index contributed by atoms with van der Waals surface area (Å²) in [7, 11) is 0. The lowest BCUT2D eigenvalue weighted by Crippen LogP contribution is -2.46. The van der Waals surface area contributed by atoms with E-state index in [1.54, 1.807) is 11.8 Å². The van der Waals surface area contributed by atoms with E-state index in [0.29, 0.717) is 25.7 Å². The second-order valence-corrected chi connectivity index (χ2v) is 11.2. The quantitative estimate of drug-likeness (QED) is 0.438. The predicted molar refractivity (Wildman–Crippen MR) is 140 cm³/mol. The summed E-state index contributed by atoms with van der Waals surface area (Å²) in [5.74, 6) is 0.0145. The summed E-state index contributed by atoms with van der Waals surface area (Å²) in [6.45, 7) is -1.58. The van der Waals surface area contributed by atoms with E-state index in [-0.39, 0.29) is 28.7 Å². The molecule has 1 amide bonds. The summed E-state index contributed by atoms with van der Waals surface area (Å²) < 4.78 is 59.3. The molecule has 2 aliphatic rings. The molecule has 0 bridgehead atoms. The molecule has 1 aliphatic heterocycles. The van der Waals surface area contributed by atoms with Crippen molar-refractivity contribution in [2.24, 2.45) is 0 Å². The van der Waals surface area contributed by atoms with Crippen LogP contribution in [0.4, 0.5) is 17.6 Å². The third kappa shape index (κ3) is 6.01. The zero-order chi connectivity index (χ0) is 28.4. The molecular weight excluding hydrogens is 554 g/mol. The third-order valence-electron chi connectivity index (χ3n) is 7.26. The van der Waals surface area contributed by atoms with Gasteiger partial charge in [0.25, 0.3) is 11.5 Å². The van der Waals surface area contributed by atoms with Crippen LogP contribution in [0.5, 0.6) is 5.88 Å². The van der Waals surface area contributed by atoms with Crippen LogP contribution in [0.3, 0.4) is 0 Å². The molecule has 0 radical (unpaired) electrons. The van der Waals surface area contributed by atoms with Crippen molar-refractivity contribution in [3.63, 3.8) is 0 Å². The van der Waals surface area contributed by atoms with Crippen molar-refractivity contribution in [2.75, 3.05) is 18.1 Å². The van der Waals surface area contributed by atoms with Crippen molar-refractivity contribution < 1.29 is 27.1 Å². The fraction of sp³-hybridized carbons (Fsp3) is 0.500. The second kappa shape index (κ2) is 11.6. The van der Waals surface area contributed by atoms with Crippen LogP contribution in [-0.4, -0.2) is 55.3 Å². The molecule has 3 aromatic rings. The lowest BCUT2D eigenvalue weighted by molar-refractivity contribution is -0.154. The molecule has 5 rings (SSSR count). The summed E-state index contributed by atoms with van der Waals surface area (Å²) in [6, 6.07) is 2.92. The number of hydrogen-bond donors (Lipinski definition) is 1. The molecule has 40 heavy (non-hydrogen) atoms. The summed E-state index contributed by atoms with van der Waals surface area (Å²) in [5, 5.41) is 2.85. The Bertz CT molecular complexity index is 1510. The zero-order valence-electron chi connectivity index (χ0n) is 21.3. The molecule has 14 heteroatoms. The number of carbonyl (C=O) groups excluding carboxylic acids is 1. The van der Waals surface area contributed by atoms with Gasteiger partial charge in [0, 0.05) is 24.3 Å². The van der Waals surface area contributed by atoms with Crippen LogP contribution >= 0.6 is 11.8 Å². The Hall–Kier alpha value is -3.42. The number of fused-ring (bicyclic) bond motifs is 1. The first-order chi connectivity index (χ1) is 19.1. The Kier molecular flexibility index (Phi) is 8.15. The number of aromatic nitrogens is 4. The maximum atomic E-state index is 14.1. The lowest BCUT2D eigenvalue weighted by Gasteiger charge is -2.31. The molecule has 0 atom stereocenters. The van der Waals surface area contributed by atoms with Gasteiger partial charge in [0.2, 0.25) is 5.88 Å². The van der Waals surface area contributed by atoms with Gasteiger partial charge >= 0.3 is 11.9 Å². The fourth-order valence-electron chi connectivity index (χ4n) is 5.37. The van der Waals surface area contributed by atoms with Gasteiger partial charge in [0.1, 0.15) is 17.0 Å². The van der Waals surface area contributed by atoms with Gasteiger partial charge in [0.05, 0.1) is 11.6 Å². The minimum absolute atomic E-state index is 0.0521. The molecule has 0 aromatic carbocycles. The number of halogens is 4. The van der Waals surface area contributed by atoms with Gasteiger partial charge in [-0.2, -0.15) is 24.9 Å². The van der Waals surface area contributed by atoms with Crippen molar-refractivity contribution in [3.8, 4) is 5.88 Å². The van der Waals surface area contributed by atoms with Crippen LogP contribution in [-0.2, 0) is 0 Å². The number of amides is 1. The van der Waals surface area contributed by atoms with Gasteiger partial charge in [-0.15, -0.1) is 0 Å². The molecule has 1 aliphatic carbocycles. The summed E-state index contributed by atoms with van der Waals surface area (Å²) in [6.07, 6.45) is 0.739. The van der Waals surface area contributed by atoms with E-state index in [9.17, 15) is 31.9 Å².